The van der Waals surface area contributed by atoms with E-state index in [1.165, 1.54) is 25.7 Å². The van der Waals surface area contributed by atoms with Crippen molar-refractivity contribution in [2.24, 2.45) is 0 Å². The van der Waals surface area contributed by atoms with Crippen molar-refractivity contribution in [1.82, 2.24) is 15.1 Å². The minimum Gasteiger partial charge on any atom is -0.340 e. The number of amides is 1. The molecular weight excluding hydrogens is 214 g/mol. The van der Waals surface area contributed by atoms with Crippen LogP contribution in [0.3, 0.4) is 0 Å². The second-order valence-corrected chi connectivity index (χ2v) is 5.42. The summed E-state index contributed by atoms with van der Waals surface area (Å²) in [6.45, 7) is 2.69. The van der Waals surface area contributed by atoms with Crippen molar-refractivity contribution in [1.29, 1.82) is 0 Å². The Kier molecular flexibility index (Phi) is 4.40. The molecular formula is C13H25N3O. The summed E-state index contributed by atoms with van der Waals surface area (Å²) in [6.07, 6.45) is 6.31. The molecule has 0 aromatic heterocycles. The van der Waals surface area contributed by atoms with Crippen LogP contribution in [0.4, 0.5) is 0 Å². The van der Waals surface area contributed by atoms with Gasteiger partial charge in [-0.3, -0.25) is 9.69 Å². The third kappa shape index (κ3) is 2.99. The third-order valence-corrected chi connectivity index (χ3v) is 4.29. The molecule has 4 heteroatoms. The summed E-state index contributed by atoms with van der Waals surface area (Å²) in [5, 5.41) is 3.18. The van der Waals surface area contributed by atoms with Gasteiger partial charge in [-0.05, 0) is 32.9 Å². The second kappa shape index (κ2) is 5.83. The van der Waals surface area contributed by atoms with Gasteiger partial charge in [0.1, 0.15) is 0 Å². The van der Waals surface area contributed by atoms with Gasteiger partial charge in [0.2, 0.25) is 5.91 Å². The van der Waals surface area contributed by atoms with Crippen molar-refractivity contribution >= 4 is 5.91 Å². The van der Waals surface area contributed by atoms with Crippen LogP contribution in [0.25, 0.3) is 0 Å². The zero-order chi connectivity index (χ0) is 12.3. The maximum absolute atomic E-state index is 12.0. The Bertz CT molecular complexity index is 263. The quantitative estimate of drug-likeness (QED) is 0.784. The van der Waals surface area contributed by atoms with Gasteiger partial charge in [0.05, 0.1) is 6.54 Å². The molecule has 0 aromatic rings. The average molecular weight is 239 g/mol. The van der Waals surface area contributed by atoms with Crippen molar-refractivity contribution in [2.75, 3.05) is 33.7 Å². The summed E-state index contributed by atoms with van der Waals surface area (Å²) in [6, 6.07) is 1.06. The number of hydrogen-bond donors (Lipinski definition) is 1. The highest BCUT2D eigenvalue weighted by Gasteiger charge is 2.33. The molecule has 2 aliphatic rings. The standard InChI is InChI=1S/C13H25N3O/c1-14-8-7-12-9-16(10-13(17)15(12)2)11-5-3-4-6-11/h11-12,14H,3-10H2,1-2H3. The molecule has 0 spiro atoms. The molecule has 0 bridgehead atoms. The Morgan fingerprint density at radius 3 is 2.71 bits per heavy atom. The van der Waals surface area contributed by atoms with Crippen LogP contribution in [0.2, 0.25) is 0 Å². The molecule has 2 fully saturated rings. The third-order valence-electron chi connectivity index (χ3n) is 4.29. The normalized spacial score (nSPS) is 28.0. The van der Waals surface area contributed by atoms with E-state index in [1.54, 1.807) is 0 Å². The van der Waals surface area contributed by atoms with Crippen LogP contribution in [-0.2, 0) is 4.79 Å². The highest BCUT2D eigenvalue weighted by atomic mass is 16.2. The van der Waals surface area contributed by atoms with Crippen molar-refractivity contribution < 1.29 is 4.79 Å². The molecule has 98 valence electrons. The summed E-state index contributed by atoms with van der Waals surface area (Å²) in [5.74, 6) is 0.296. The fraction of sp³-hybridized carbons (Fsp3) is 0.923. The van der Waals surface area contributed by atoms with Gasteiger partial charge >= 0.3 is 0 Å². The summed E-state index contributed by atoms with van der Waals surface area (Å²) < 4.78 is 0. The van der Waals surface area contributed by atoms with Crippen molar-refractivity contribution in [3.63, 3.8) is 0 Å². The molecule has 0 radical (unpaired) electrons. The Morgan fingerprint density at radius 1 is 1.35 bits per heavy atom. The fourth-order valence-electron chi connectivity index (χ4n) is 3.09. The van der Waals surface area contributed by atoms with Gasteiger partial charge in [0, 0.05) is 25.7 Å². The maximum Gasteiger partial charge on any atom is 0.236 e. The van der Waals surface area contributed by atoms with E-state index < -0.39 is 0 Å². The van der Waals surface area contributed by atoms with Gasteiger partial charge < -0.3 is 10.2 Å². The minimum absolute atomic E-state index is 0.296. The largest absolute Gasteiger partial charge is 0.340 e. The molecule has 1 aliphatic heterocycles. The Balaban J connectivity index is 1.93. The first kappa shape index (κ1) is 12.8. The predicted octanol–water partition coefficient (Wildman–Crippen LogP) is 0.681. The number of carbonyl (C=O) groups is 1. The SMILES string of the molecule is CNCCC1CN(C2CCCC2)CC(=O)N1C. The molecule has 1 amide bonds. The number of likely N-dealkylation sites (N-methyl/N-ethyl adjacent to an activating group) is 1. The summed E-state index contributed by atoms with van der Waals surface area (Å²) in [7, 11) is 3.92. The minimum atomic E-state index is 0.296. The van der Waals surface area contributed by atoms with Crippen LogP contribution >= 0.6 is 0 Å². The Labute approximate surface area is 104 Å². The van der Waals surface area contributed by atoms with Gasteiger partial charge in [-0.1, -0.05) is 12.8 Å². The summed E-state index contributed by atoms with van der Waals surface area (Å²) in [4.78, 5) is 16.4. The van der Waals surface area contributed by atoms with Gasteiger partial charge in [0.25, 0.3) is 0 Å². The van der Waals surface area contributed by atoms with E-state index in [4.69, 9.17) is 0 Å². The smallest absolute Gasteiger partial charge is 0.236 e. The first-order valence-electron chi connectivity index (χ1n) is 6.86. The van der Waals surface area contributed by atoms with E-state index in [0.717, 1.165) is 19.5 Å². The van der Waals surface area contributed by atoms with Crippen molar-refractivity contribution in [3.8, 4) is 0 Å². The second-order valence-electron chi connectivity index (χ2n) is 5.42. The molecule has 1 unspecified atom stereocenters. The number of piperazine rings is 1. The van der Waals surface area contributed by atoms with Crippen LogP contribution in [0.5, 0.6) is 0 Å². The van der Waals surface area contributed by atoms with E-state index in [0.29, 0.717) is 24.5 Å². The van der Waals surface area contributed by atoms with Crippen molar-refractivity contribution in [3.05, 3.63) is 0 Å². The van der Waals surface area contributed by atoms with Gasteiger partial charge in [-0.15, -0.1) is 0 Å². The Hall–Kier alpha value is -0.610. The molecule has 1 saturated carbocycles. The number of nitrogens with one attached hydrogen (secondary N) is 1. The number of rotatable bonds is 4. The number of nitrogens with zero attached hydrogens (tertiary/aromatic N) is 2. The van der Waals surface area contributed by atoms with Crippen LogP contribution < -0.4 is 5.32 Å². The predicted molar refractivity (Wildman–Crippen MR) is 68.9 cm³/mol. The number of hydrogen-bond acceptors (Lipinski definition) is 3. The lowest BCUT2D eigenvalue weighted by molar-refractivity contribution is -0.139. The summed E-state index contributed by atoms with van der Waals surface area (Å²) in [5.41, 5.74) is 0. The first-order valence-corrected chi connectivity index (χ1v) is 6.86. The van der Waals surface area contributed by atoms with Crippen molar-refractivity contribution in [2.45, 2.75) is 44.2 Å². The van der Waals surface area contributed by atoms with E-state index in [1.807, 2.05) is 19.0 Å². The molecule has 1 heterocycles. The van der Waals surface area contributed by atoms with Gasteiger partial charge in [-0.2, -0.15) is 0 Å². The molecule has 1 saturated heterocycles. The average Bonchev–Trinajstić information content (AvgIpc) is 2.84. The molecule has 1 aliphatic carbocycles. The molecule has 2 rings (SSSR count). The lowest BCUT2D eigenvalue weighted by Gasteiger charge is -2.41. The van der Waals surface area contributed by atoms with E-state index in [2.05, 4.69) is 10.2 Å². The fourth-order valence-corrected chi connectivity index (χ4v) is 3.09. The zero-order valence-corrected chi connectivity index (χ0v) is 11.1. The maximum atomic E-state index is 12.0. The van der Waals surface area contributed by atoms with Crippen LogP contribution in [0.15, 0.2) is 0 Å². The zero-order valence-electron chi connectivity index (χ0n) is 11.1. The van der Waals surface area contributed by atoms with E-state index >= 15 is 0 Å². The molecule has 17 heavy (non-hydrogen) atoms. The molecule has 4 nitrogen and oxygen atoms in total. The highest BCUT2D eigenvalue weighted by Crippen LogP contribution is 2.26. The monoisotopic (exact) mass is 239 g/mol. The van der Waals surface area contributed by atoms with Gasteiger partial charge in [-0.25, -0.2) is 0 Å². The highest BCUT2D eigenvalue weighted by molar-refractivity contribution is 5.79. The lowest BCUT2D eigenvalue weighted by atomic mass is 10.1. The Morgan fingerprint density at radius 2 is 2.06 bits per heavy atom. The van der Waals surface area contributed by atoms with E-state index in [-0.39, 0.29) is 0 Å². The van der Waals surface area contributed by atoms with Crippen LogP contribution in [0.1, 0.15) is 32.1 Å². The molecule has 1 N–H and O–H groups in total. The molecule has 0 aromatic carbocycles. The van der Waals surface area contributed by atoms with Crippen LogP contribution in [0, 0.1) is 0 Å². The lowest BCUT2D eigenvalue weighted by Crippen LogP contribution is -2.57. The topological polar surface area (TPSA) is 35.6 Å². The molecule has 1 atom stereocenters. The number of carbonyl (C=O) groups excluding carboxylic acids is 1. The van der Waals surface area contributed by atoms with Gasteiger partial charge in [0.15, 0.2) is 0 Å². The van der Waals surface area contributed by atoms with E-state index in [9.17, 15) is 4.79 Å². The summed E-state index contributed by atoms with van der Waals surface area (Å²) >= 11 is 0. The first-order chi connectivity index (χ1) is 8.22. The van der Waals surface area contributed by atoms with Crippen LogP contribution in [-0.4, -0.2) is 61.5 Å².